The molecule has 1 N–H and O–H groups in total. The van der Waals surface area contributed by atoms with Crippen molar-refractivity contribution in [2.24, 2.45) is 0 Å². The standard InChI is InChI=1S/C7H4BClN2/c8-6-2-4-1-5(9)3-10-7(4)11-6/h1-3H,(H,10,11). The number of hydrogen-bond donors (Lipinski definition) is 1. The van der Waals surface area contributed by atoms with Crippen molar-refractivity contribution in [1.82, 2.24) is 9.97 Å². The molecule has 0 unspecified atom stereocenters. The zero-order valence-corrected chi connectivity index (χ0v) is 6.39. The molecule has 0 aliphatic heterocycles. The molecule has 11 heavy (non-hydrogen) atoms. The molecule has 2 radical (unpaired) electrons. The summed E-state index contributed by atoms with van der Waals surface area (Å²) in [5, 5.41) is 1.56. The Morgan fingerprint density at radius 3 is 3.09 bits per heavy atom. The summed E-state index contributed by atoms with van der Waals surface area (Å²) >= 11 is 5.71. The Hall–Kier alpha value is -0.955. The number of nitrogens with zero attached hydrogens (tertiary/aromatic N) is 1. The number of pyridine rings is 1. The molecule has 2 heterocycles. The number of aromatic amines is 1. The molecule has 0 aromatic carbocycles. The van der Waals surface area contributed by atoms with Gasteiger partial charge < -0.3 is 4.98 Å². The summed E-state index contributed by atoms with van der Waals surface area (Å²) in [5.74, 6) is 0. The lowest BCUT2D eigenvalue weighted by Gasteiger charge is -1.87. The van der Waals surface area contributed by atoms with Crippen LogP contribution >= 0.6 is 11.6 Å². The first-order valence-electron chi connectivity index (χ1n) is 3.15. The molecule has 0 amide bonds. The summed E-state index contributed by atoms with van der Waals surface area (Å²) in [4.78, 5) is 6.93. The van der Waals surface area contributed by atoms with Gasteiger partial charge in [-0.05, 0) is 17.7 Å². The number of aromatic nitrogens is 2. The third-order valence-electron chi connectivity index (χ3n) is 1.46. The molecule has 0 aliphatic rings. The maximum absolute atomic E-state index is 5.71. The van der Waals surface area contributed by atoms with Crippen LogP contribution in [-0.2, 0) is 0 Å². The number of H-pyrrole nitrogens is 1. The summed E-state index contributed by atoms with van der Waals surface area (Å²) in [7, 11) is 5.50. The molecule has 2 rings (SSSR count). The van der Waals surface area contributed by atoms with Crippen LogP contribution in [0, 0.1) is 0 Å². The van der Waals surface area contributed by atoms with Crippen molar-refractivity contribution in [2.75, 3.05) is 0 Å². The normalized spacial score (nSPS) is 10.6. The van der Waals surface area contributed by atoms with Gasteiger partial charge in [0.15, 0.2) is 0 Å². The number of fused-ring (bicyclic) bond motifs is 1. The minimum atomic E-state index is 0.606. The van der Waals surface area contributed by atoms with Crippen LogP contribution < -0.4 is 5.59 Å². The molecule has 4 heteroatoms. The van der Waals surface area contributed by atoms with Gasteiger partial charge in [-0.2, -0.15) is 0 Å². The van der Waals surface area contributed by atoms with Crippen LogP contribution in [0.1, 0.15) is 0 Å². The maximum Gasteiger partial charge on any atom is 0.138 e. The van der Waals surface area contributed by atoms with Crippen LogP contribution in [0.3, 0.4) is 0 Å². The molecular formula is C7H4BClN2. The highest BCUT2D eigenvalue weighted by Crippen LogP contribution is 2.13. The fourth-order valence-electron chi connectivity index (χ4n) is 1.01. The largest absolute Gasteiger partial charge is 0.353 e. The van der Waals surface area contributed by atoms with Crippen molar-refractivity contribution in [3.8, 4) is 0 Å². The van der Waals surface area contributed by atoms with Crippen LogP contribution in [0.2, 0.25) is 5.02 Å². The predicted molar refractivity (Wildman–Crippen MR) is 46.5 cm³/mol. The van der Waals surface area contributed by atoms with Crippen molar-refractivity contribution in [1.29, 1.82) is 0 Å². The molecule has 2 aromatic heterocycles. The highest BCUT2D eigenvalue weighted by molar-refractivity contribution is 6.33. The fraction of sp³-hybridized carbons (Fsp3) is 0. The van der Waals surface area contributed by atoms with Crippen molar-refractivity contribution >= 4 is 36.1 Å². The van der Waals surface area contributed by atoms with Gasteiger partial charge in [0.2, 0.25) is 0 Å². The van der Waals surface area contributed by atoms with E-state index < -0.39 is 0 Å². The van der Waals surface area contributed by atoms with E-state index in [0.717, 1.165) is 11.0 Å². The lowest BCUT2D eigenvalue weighted by molar-refractivity contribution is 1.34. The molecule has 0 atom stereocenters. The van der Waals surface area contributed by atoms with Crippen LogP contribution in [0.25, 0.3) is 11.0 Å². The van der Waals surface area contributed by atoms with E-state index in [1.54, 1.807) is 12.3 Å². The third kappa shape index (κ3) is 1.12. The topological polar surface area (TPSA) is 28.7 Å². The van der Waals surface area contributed by atoms with Gasteiger partial charge in [-0.25, -0.2) is 4.98 Å². The smallest absolute Gasteiger partial charge is 0.138 e. The molecule has 2 aromatic rings. The first kappa shape index (κ1) is 6.74. The van der Waals surface area contributed by atoms with Crippen LogP contribution in [-0.4, -0.2) is 17.8 Å². The quantitative estimate of drug-likeness (QED) is 0.576. The van der Waals surface area contributed by atoms with E-state index >= 15 is 0 Å². The monoisotopic (exact) mass is 162 g/mol. The zero-order chi connectivity index (χ0) is 7.84. The molecule has 0 saturated heterocycles. The Kier molecular flexibility index (Phi) is 1.39. The fourth-order valence-corrected chi connectivity index (χ4v) is 1.18. The number of hydrogen-bond acceptors (Lipinski definition) is 1. The summed E-state index contributed by atoms with van der Waals surface area (Å²) in [6.07, 6.45) is 1.58. The summed E-state index contributed by atoms with van der Waals surface area (Å²) in [6, 6.07) is 3.62. The summed E-state index contributed by atoms with van der Waals surface area (Å²) in [6.45, 7) is 0. The van der Waals surface area contributed by atoms with Gasteiger partial charge in [-0.15, -0.1) is 0 Å². The molecule has 0 saturated carbocycles. The lowest BCUT2D eigenvalue weighted by Crippen LogP contribution is -1.99. The van der Waals surface area contributed by atoms with E-state index in [1.807, 2.05) is 6.07 Å². The first-order valence-corrected chi connectivity index (χ1v) is 3.53. The number of nitrogens with one attached hydrogen (secondary N) is 1. The van der Waals surface area contributed by atoms with Gasteiger partial charge in [0, 0.05) is 11.6 Å². The van der Waals surface area contributed by atoms with E-state index in [4.69, 9.17) is 19.4 Å². The van der Waals surface area contributed by atoms with Gasteiger partial charge in [0.1, 0.15) is 13.5 Å². The Balaban J connectivity index is 2.82. The Bertz CT molecular complexity index is 396. The number of halogens is 1. The molecule has 2 nitrogen and oxygen atoms in total. The summed E-state index contributed by atoms with van der Waals surface area (Å²) < 4.78 is 0. The van der Waals surface area contributed by atoms with E-state index in [2.05, 4.69) is 9.97 Å². The van der Waals surface area contributed by atoms with Gasteiger partial charge in [-0.1, -0.05) is 11.6 Å². The van der Waals surface area contributed by atoms with Gasteiger partial charge in [0.25, 0.3) is 0 Å². The van der Waals surface area contributed by atoms with Crippen LogP contribution in [0.5, 0.6) is 0 Å². The van der Waals surface area contributed by atoms with Crippen LogP contribution in [0.15, 0.2) is 18.3 Å². The highest BCUT2D eigenvalue weighted by Gasteiger charge is 1.97. The van der Waals surface area contributed by atoms with E-state index in [9.17, 15) is 0 Å². The molecule has 0 bridgehead atoms. The van der Waals surface area contributed by atoms with Crippen molar-refractivity contribution < 1.29 is 0 Å². The Morgan fingerprint density at radius 2 is 2.27 bits per heavy atom. The van der Waals surface area contributed by atoms with E-state index in [1.165, 1.54) is 0 Å². The van der Waals surface area contributed by atoms with Crippen molar-refractivity contribution in [3.05, 3.63) is 23.4 Å². The molecule has 52 valence electrons. The van der Waals surface area contributed by atoms with Crippen molar-refractivity contribution in [2.45, 2.75) is 0 Å². The van der Waals surface area contributed by atoms with E-state index in [-0.39, 0.29) is 0 Å². The minimum absolute atomic E-state index is 0.606. The van der Waals surface area contributed by atoms with Gasteiger partial charge in [0.05, 0.1) is 5.02 Å². The number of rotatable bonds is 0. The SMILES string of the molecule is [B]c1cc2cc(Cl)cnc2[nH]1. The van der Waals surface area contributed by atoms with E-state index in [0.29, 0.717) is 10.6 Å². The average Bonchev–Trinajstić information content (AvgIpc) is 2.27. The van der Waals surface area contributed by atoms with Gasteiger partial charge in [-0.3, -0.25) is 0 Å². The zero-order valence-electron chi connectivity index (χ0n) is 5.63. The Labute approximate surface area is 70.0 Å². The molecule has 0 spiro atoms. The van der Waals surface area contributed by atoms with Crippen molar-refractivity contribution in [3.63, 3.8) is 0 Å². The van der Waals surface area contributed by atoms with Crippen LogP contribution in [0.4, 0.5) is 0 Å². The van der Waals surface area contributed by atoms with Gasteiger partial charge >= 0.3 is 0 Å². The lowest BCUT2D eigenvalue weighted by atomic mass is 10.1. The second-order valence-electron chi connectivity index (χ2n) is 2.32. The third-order valence-corrected chi connectivity index (χ3v) is 1.66. The highest BCUT2D eigenvalue weighted by atomic mass is 35.5. The first-order chi connectivity index (χ1) is 5.25. The maximum atomic E-state index is 5.71. The molecular weight excluding hydrogens is 158 g/mol. The molecule has 0 fully saturated rings. The second-order valence-corrected chi connectivity index (χ2v) is 2.75. The Morgan fingerprint density at radius 1 is 1.45 bits per heavy atom. The second kappa shape index (κ2) is 2.27. The summed E-state index contributed by atoms with van der Waals surface area (Å²) in [5.41, 5.74) is 1.38. The average molecular weight is 162 g/mol. The minimum Gasteiger partial charge on any atom is -0.353 e. The molecule has 0 aliphatic carbocycles. The predicted octanol–water partition coefficient (Wildman–Crippen LogP) is 1.01.